The zero-order valence-electron chi connectivity index (χ0n) is 8.68. The van der Waals surface area contributed by atoms with Gasteiger partial charge in [0.2, 0.25) is 0 Å². The molecule has 78 valence electrons. The van der Waals surface area contributed by atoms with E-state index in [4.69, 9.17) is 9.78 Å². The molecule has 1 fully saturated rings. The molecule has 1 saturated carbocycles. The number of hydrogen-bond acceptors (Lipinski definition) is 3. The van der Waals surface area contributed by atoms with Crippen molar-refractivity contribution < 1.29 is 4.52 Å². The summed E-state index contributed by atoms with van der Waals surface area (Å²) in [4.78, 5) is 0. The first-order valence-electron chi connectivity index (χ1n) is 5.28. The first-order valence-corrected chi connectivity index (χ1v) is 5.28. The predicted octanol–water partition coefficient (Wildman–Crippen LogP) is 2.90. The van der Waals surface area contributed by atoms with Crippen molar-refractivity contribution in [3.63, 3.8) is 0 Å². The van der Waals surface area contributed by atoms with Gasteiger partial charge in [0.15, 0.2) is 5.76 Å². The number of hydrogen-bond donors (Lipinski definition) is 0. The third-order valence-electron chi connectivity index (χ3n) is 3.02. The molecule has 1 heterocycles. The van der Waals surface area contributed by atoms with Crippen LogP contribution in [0, 0.1) is 11.3 Å². The highest BCUT2D eigenvalue weighted by atomic mass is 16.5. The van der Waals surface area contributed by atoms with Crippen LogP contribution in [0.2, 0.25) is 0 Å². The molecule has 1 aliphatic rings. The molecule has 3 rings (SSSR count). The van der Waals surface area contributed by atoms with Gasteiger partial charge in [-0.3, -0.25) is 0 Å². The third-order valence-corrected chi connectivity index (χ3v) is 3.02. The van der Waals surface area contributed by atoms with Gasteiger partial charge in [-0.2, -0.15) is 5.26 Å². The standard InChI is InChI=1S/C13H10N2O/c14-9-13(6-7-13)12-8-11(15-16-12)10-4-2-1-3-5-10/h1-5,8H,6-7H2. The largest absolute Gasteiger partial charge is 0.359 e. The average molecular weight is 210 g/mol. The Hall–Kier alpha value is -2.08. The van der Waals surface area contributed by atoms with Crippen LogP contribution in [0.3, 0.4) is 0 Å². The summed E-state index contributed by atoms with van der Waals surface area (Å²) in [5.41, 5.74) is 1.43. The van der Waals surface area contributed by atoms with Crippen LogP contribution >= 0.6 is 0 Å². The second-order valence-electron chi connectivity index (χ2n) is 4.14. The van der Waals surface area contributed by atoms with Crippen molar-refractivity contribution >= 4 is 0 Å². The van der Waals surface area contributed by atoms with Gasteiger partial charge in [0.05, 0.1) is 6.07 Å². The van der Waals surface area contributed by atoms with E-state index in [1.807, 2.05) is 36.4 Å². The van der Waals surface area contributed by atoms with E-state index in [-0.39, 0.29) is 5.41 Å². The molecule has 0 atom stereocenters. The molecule has 3 nitrogen and oxygen atoms in total. The molecular formula is C13H10N2O. The van der Waals surface area contributed by atoms with Crippen molar-refractivity contribution in [3.05, 3.63) is 42.2 Å². The summed E-state index contributed by atoms with van der Waals surface area (Å²) >= 11 is 0. The molecule has 0 spiro atoms. The van der Waals surface area contributed by atoms with E-state index in [0.29, 0.717) is 5.76 Å². The lowest BCUT2D eigenvalue weighted by molar-refractivity contribution is 0.372. The summed E-state index contributed by atoms with van der Waals surface area (Å²) in [7, 11) is 0. The Bertz CT molecular complexity index is 547. The highest BCUT2D eigenvalue weighted by Gasteiger charge is 2.48. The van der Waals surface area contributed by atoms with Gasteiger partial charge in [0, 0.05) is 11.6 Å². The fraction of sp³-hybridized carbons (Fsp3) is 0.231. The SMILES string of the molecule is N#CC1(c2cc(-c3ccccc3)no2)CC1. The van der Waals surface area contributed by atoms with Gasteiger partial charge in [-0.15, -0.1) is 0 Å². The van der Waals surface area contributed by atoms with E-state index < -0.39 is 0 Å². The number of nitrogens with zero attached hydrogens (tertiary/aromatic N) is 2. The zero-order chi connectivity index (χ0) is 11.0. The Morgan fingerprint density at radius 1 is 1.25 bits per heavy atom. The molecule has 16 heavy (non-hydrogen) atoms. The maximum atomic E-state index is 9.05. The van der Waals surface area contributed by atoms with Crippen LogP contribution in [0.25, 0.3) is 11.3 Å². The molecule has 0 bridgehead atoms. The second-order valence-corrected chi connectivity index (χ2v) is 4.14. The minimum Gasteiger partial charge on any atom is -0.359 e. The Labute approximate surface area is 93.3 Å². The Morgan fingerprint density at radius 2 is 2.00 bits per heavy atom. The van der Waals surface area contributed by atoms with Gasteiger partial charge in [-0.1, -0.05) is 35.5 Å². The molecule has 0 unspecified atom stereocenters. The molecule has 0 amide bonds. The number of aromatic nitrogens is 1. The van der Waals surface area contributed by atoms with Crippen molar-refractivity contribution in [2.75, 3.05) is 0 Å². The Kier molecular flexibility index (Phi) is 1.84. The minimum atomic E-state index is -0.389. The van der Waals surface area contributed by atoms with Gasteiger partial charge < -0.3 is 4.52 Å². The maximum Gasteiger partial charge on any atom is 0.157 e. The van der Waals surface area contributed by atoms with Gasteiger partial charge in [0.25, 0.3) is 0 Å². The van der Waals surface area contributed by atoms with Gasteiger partial charge in [-0.25, -0.2) is 0 Å². The van der Waals surface area contributed by atoms with E-state index >= 15 is 0 Å². The Balaban J connectivity index is 1.98. The van der Waals surface area contributed by atoms with E-state index in [1.165, 1.54) is 0 Å². The van der Waals surface area contributed by atoms with Crippen molar-refractivity contribution in [2.45, 2.75) is 18.3 Å². The van der Waals surface area contributed by atoms with Crippen molar-refractivity contribution in [1.82, 2.24) is 5.16 Å². The summed E-state index contributed by atoms with van der Waals surface area (Å²) in [6, 6.07) is 14.0. The van der Waals surface area contributed by atoms with Gasteiger partial charge in [0.1, 0.15) is 11.1 Å². The van der Waals surface area contributed by atoms with Gasteiger partial charge in [-0.05, 0) is 12.8 Å². The summed E-state index contributed by atoms with van der Waals surface area (Å²) in [5.74, 6) is 0.703. The molecule has 1 aromatic heterocycles. The quantitative estimate of drug-likeness (QED) is 0.765. The fourth-order valence-electron chi connectivity index (χ4n) is 1.78. The molecule has 3 heteroatoms. The van der Waals surface area contributed by atoms with Crippen LogP contribution in [0.15, 0.2) is 40.9 Å². The smallest absolute Gasteiger partial charge is 0.157 e. The lowest BCUT2D eigenvalue weighted by atomic mass is 10.0. The topological polar surface area (TPSA) is 49.8 Å². The van der Waals surface area contributed by atoms with E-state index in [0.717, 1.165) is 24.1 Å². The average Bonchev–Trinajstić information content (AvgIpc) is 3.00. The van der Waals surface area contributed by atoms with Gasteiger partial charge >= 0.3 is 0 Å². The van der Waals surface area contributed by atoms with Crippen LogP contribution in [0.5, 0.6) is 0 Å². The Morgan fingerprint density at radius 3 is 2.62 bits per heavy atom. The summed E-state index contributed by atoms with van der Waals surface area (Å²) in [5, 5.41) is 13.1. The van der Waals surface area contributed by atoms with Crippen LogP contribution < -0.4 is 0 Å². The lowest BCUT2D eigenvalue weighted by Crippen LogP contribution is -1.99. The number of nitriles is 1. The molecule has 1 aromatic carbocycles. The van der Waals surface area contributed by atoms with Crippen LogP contribution in [-0.2, 0) is 5.41 Å². The molecule has 0 N–H and O–H groups in total. The monoisotopic (exact) mass is 210 g/mol. The van der Waals surface area contributed by atoms with E-state index in [1.54, 1.807) is 0 Å². The third kappa shape index (κ3) is 1.31. The zero-order valence-corrected chi connectivity index (χ0v) is 8.68. The second kappa shape index (κ2) is 3.21. The van der Waals surface area contributed by atoms with Crippen LogP contribution in [-0.4, -0.2) is 5.16 Å². The predicted molar refractivity (Wildman–Crippen MR) is 58.5 cm³/mol. The van der Waals surface area contributed by atoms with Crippen molar-refractivity contribution in [3.8, 4) is 17.3 Å². The van der Waals surface area contributed by atoms with Crippen LogP contribution in [0.1, 0.15) is 18.6 Å². The first kappa shape index (κ1) is 9.17. The molecular weight excluding hydrogens is 200 g/mol. The van der Waals surface area contributed by atoms with Crippen molar-refractivity contribution in [2.24, 2.45) is 0 Å². The number of benzene rings is 1. The fourth-order valence-corrected chi connectivity index (χ4v) is 1.78. The lowest BCUT2D eigenvalue weighted by Gasteiger charge is -1.95. The normalized spacial score (nSPS) is 16.7. The highest BCUT2D eigenvalue weighted by molar-refractivity contribution is 5.59. The van der Waals surface area contributed by atoms with Crippen LogP contribution in [0.4, 0.5) is 0 Å². The summed E-state index contributed by atoms with van der Waals surface area (Å²) in [6.07, 6.45) is 1.76. The van der Waals surface area contributed by atoms with E-state index in [9.17, 15) is 0 Å². The number of rotatable bonds is 2. The van der Waals surface area contributed by atoms with Crippen molar-refractivity contribution in [1.29, 1.82) is 5.26 Å². The molecule has 0 aliphatic heterocycles. The highest BCUT2D eigenvalue weighted by Crippen LogP contribution is 2.48. The van der Waals surface area contributed by atoms with E-state index in [2.05, 4.69) is 11.2 Å². The summed E-state index contributed by atoms with van der Waals surface area (Å²) in [6.45, 7) is 0. The first-order chi connectivity index (χ1) is 7.84. The summed E-state index contributed by atoms with van der Waals surface area (Å²) < 4.78 is 5.26. The molecule has 0 radical (unpaired) electrons. The molecule has 2 aromatic rings. The molecule has 1 aliphatic carbocycles. The maximum absolute atomic E-state index is 9.05. The molecule has 0 saturated heterocycles. The minimum absolute atomic E-state index is 0.389.